The Kier molecular flexibility index (Phi) is 4.75. The molecule has 0 amide bonds. The van der Waals surface area contributed by atoms with Gasteiger partial charge in [-0.1, -0.05) is 31.2 Å². The van der Waals surface area contributed by atoms with Crippen molar-refractivity contribution >= 4 is 0 Å². The maximum absolute atomic E-state index is 10.3. The van der Waals surface area contributed by atoms with E-state index in [0.29, 0.717) is 5.92 Å². The van der Waals surface area contributed by atoms with Gasteiger partial charge in [0.25, 0.3) is 0 Å². The minimum Gasteiger partial charge on any atom is -0.386 e. The van der Waals surface area contributed by atoms with Gasteiger partial charge in [0.05, 0.1) is 12.7 Å². The highest BCUT2D eigenvalue weighted by Gasteiger charge is 2.31. The van der Waals surface area contributed by atoms with Gasteiger partial charge in [-0.15, -0.1) is 0 Å². The molecule has 1 saturated heterocycles. The fourth-order valence-corrected chi connectivity index (χ4v) is 2.41. The Labute approximate surface area is 109 Å². The minimum absolute atomic E-state index is 0.0603. The van der Waals surface area contributed by atoms with E-state index in [-0.39, 0.29) is 6.10 Å². The largest absolute Gasteiger partial charge is 0.386 e. The molecule has 0 aromatic heterocycles. The molecule has 1 heterocycles. The topological polar surface area (TPSA) is 38.7 Å². The fraction of sp³-hybridized carbons (Fsp3) is 0.600. The summed E-state index contributed by atoms with van der Waals surface area (Å²) in [7, 11) is 1.71. The Hall–Kier alpha value is -0.900. The van der Waals surface area contributed by atoms with E-state index in [2.05, 4.69) is 19.1 Å². The maximum atomic E-state index is 10.3. The van der Waals surface area contributed by atoms with E-state index in [1.807, 2.05) is 12.1 Å². The Bertz CT molecular complexity index is 361. The summed E-state index contributed by atoms with van der Waals surface area (Å²) in [4.78, 5) is 0. The predicted molar refractivity (Wildman–Crippen MR) is 70.5 cm³/mol. The van der Waals surface area contributed by atoms with Crippen molar-refractivity contribution in [2.75, 3.05) is 20.3 Å². The molecule has 18 heavy (non-hydrogen) atoms. The lowest BCUT2D eigenvalue weighted by Crippen LogP contribution is -2.22. The van der Waals surface area contributed by atoms with Crippen LogP contribution in [0, 0.1) is 5.92 Å². The first-order chi connectivity index (χ1) is 8.72. The van der Waals surface area contributed by atoms with Gasteiger partial charge in [0.15, 0.2) is 0 Å². The second-order valence-corrected chi connectivity index (χ2v) is 5.03. The molecule has 2 rings (SSSR count). The van der Waals surface area contributed by atoms with Gasteiger partial charge in [0, 0.05) is 13.7 Å². The molecule has 100 valence electrons. The second-order valence-electron chi connectivity index (χ2n) is 5.03. The maximum Gasteiger partial charge on any atom is 0.105 e. The lowest BCUT2D eigenvalue weighted by molar-refractivity contribution is -0.0178. The zero-order valence-electron chi connectivity index (χ0n) is 11.1. The van der Waals surface area contributed by atoms with Crippen molar-refractivity contribution in [3.05, 3.63) is 35.4 Å². The van der Waals surface area contributed by atoms with E-state index in [1.165, 1.54) is 5.56 Å². The van der Waals surface area contributed by atoms with E-state index < -0.39 is 6.10 Å². The Morgan fingerprint density at radius 1 is 1.39 bits per heavy atom. The smallest absolute Gasteiger partial charge is 0.105 e. The highest BCUT2D eigenvalue weighted by atomic mass is 16.5. The molecular formula is C15H22O3. The number of benzene rings is 1. The average molecular weight is 250 g/mol. The molecule has 0 spiro atoms. The van der Waals surface area contributed by atoms with Gasteiger partial charge in [-0.05, 0) is 29.9 Å². The first-order valence-corrected chi connectivity index (χ1v) is 6.60. The summed E-state index contributed by atoms with van der Waals surface area (Å²) in [5.74, 6) is 0.424. The van der Waals surface area contributed by atoms with Gasteiger partial charge in [-0.25, -0.2) is 0 Å². The van der Waals surface area contributed by atoms with Crippen LogP contribution in [-0.4, -0.2) is 31.5 Å². The van der Waals surface area contributed by atoms with Crippen molar-refractivity contribution in [2.45, 2.75) is 32.0 Å². The lowest BCUT2D eigenvalue weighted by atomic mass is 9.94. The summed E-state index contributed by atoms with van der Waals surface area (Å²) in [5.41, 5.74) is 2.17. The summed E-state index contributed by atoms with van der Waals surface area (Å²) in [6.45, 7) is 3.62. The molecule has 1 N–H and O–H groups in total. The van der Waals surface area contributed by atoms with Crippen molar-refractivity contribution < 1.29 is 14.6 Å². The molecule has 0 radical (unpaired) electrons. The zero-order chi connectivity index (χ0) is 13.0. The van der Waals surface area contributed by atoms with Crippen molar-refractivity contribution in [2.24, 2.45) is 5.92 Å². The molecule has 3 heteroatoms. The molecule has 1 fully saturated rings. The molecule has 1 aromatic carbocycles. The number of methoxy groups -OCH3 is 1. The van der Waals surface area contributed by atoms with E-state index in [1.54, 1.807) is 7.11 Å². The molecule has 3 unspecified atom stereocenters. The van der Waals surface area contributed by atoms with Crippen LogP contribution in [0.2, 0.25) is 0 Å². The van der Waals surface area contributed by atoms with Crippen molar-refractivity contribution in [1.82, 2.24) is 0 Å². The molecule has 3 atom stereocenters. The number of hydrogen-bond donors (Lipinski definition) is 1. The molecule has 1 aliphatic heterocycles. The van der Waals surface area contributed by atoms with Gasteiger partial charge >= 0.3 is 0 Å². The van der Waals surface area contributed by atoms with Crippen molar-refractivity contribution in [3.8, 4) is 0 Å². The summed E-state index contributed by atoms with van der Waals surface area (Å²) in [5, 5.41) is 10.3. The van der Waals surface area contributed by atoms with Crippen LogP contribution in [0.1, 0.15) is 30.6 Å². The Morgan fingerprint density at radius 3 is 2.67 bits per heavy atom. The minimum atomic E-state index is -0.515. The molecule has 0 bridgehead atoms. The number of ether oxygens (including phenoxy) is 2. The number of hydrogen-bond acceptors (Lipinski definition) is 3. The van der Waals surface area contributed by atoms with E-state index in [0.717, 1.165) is 31.6 Å². The molecule has 1 aliphatic rings. The highest BCUT2D eigenvalue weighted by Crippen LogP contribution is 2.31. The number of rotatable bonds is 5. The van der Waals surface area contributed by atoms with Crippen LogP contribution in [0.25, 0.3) is 0 Å². The van der Waals surface area contributed by atoms with Gasteiger partial charge in [-0.2, -0.15) is 0 Å². The van der Waals surface area contributed by atoms with Crippen LogP contribution < -0.4 is 0 Å². The summed E-state index contributed by atoms with van der Waals surface area (Å²) < 4.78 is 10.7. The second kappa shape index (κ2) is 6.32. The van der Waals surface area contributed by atoms with E-state index in [4.69, 9.17) is 9.47 Å². The zero-order valence-corrected chi connectivity index (χ0v) is 11.1. The van der Waals surface area contributed by atoms with Crippen LogP contribution >= 0.6 is 0 Å². The van der Waals surface area contributed by atoms with Crippen LogP contribution in [0.15, 0.2) is 24.3 Å². The Balaban J connectivity index is 2.00. The molecular weight excluding hydrogens is 228 g/mol. The van der Waals surface area contributed by atoms with Crippen LogP contribution in [0.4, 0.5) is 0 Å². The van der Waals surface area contributed by atoms with E-state index in [9.17, 15) is 5.11 Å². The quantitative estimate of drug-likeness (QED) is 0.871. The Morgan fingerprint density at radius 2 is 2.11 bits per heavy atom. The van der Waals surface area contributed by atoms with Crippen LogP contribution in [0.5, 0.6) is 0 Å². The molecule has 0 aliphatic carbocycles. The standard InChI is InChI=1S/C15H22O3/c1-11-7-10-18-15(11)14(16)13-5-3-12(4-6-13)8-9-17-2/h3-6,11,14-16H,7-10H2,1-2H3. The van der Waals surface area contributed by atoms with Crippen molar-refractivity contribution in [1.29, 1.82) is 0 Å². The summed E-state index contributed by atoms with van der Waals surface area (Å²) in [6, 6.07) is 8.09. The third kappa shape index (κ3) is 3.10. The van der Waals surface area contributed by atoms with Gasteiger partial charge < -0.3 is 14.6 Å². The SMILES string of the molecule is COCCc1ccc(C(O)C2OCCC2C)cc1. The number of aliphatic hydroxyl groups is 1. The monoisotopic (exact) mass is 250 g/mol. The summed E-state index contributed by atoms with van der Waals surface area (Å²) in [6.07, 6.45) is 1.37. The average Bonchev–Trinajstić information content (AvgIpc) is 2.82. The first-order valence-electron chi connectivity index (χ1n) is 6.60. The molecule has 0 saturated carbocycles. The number of aliphatic hydroxyl groups excluding tert-OH is 1. The van der Waals surface area contributed by atoms with E-state index >= 15 is 0 Å². The van der Waals surface area contributed by atoms with Crippen LogP contribution in [-0.2, 0) is 15.9 Å². The third-order valence-electron chi connectivity index (χ3n) is 3.67. The van der Waals surface area contributed by atoms with Gasteiger partial charge in [-0.3, -0.25) is 0 Å². The molecule has 3 nitrogen and oxygen atoms in total. The summed E-state index contributed by atoms with van der Waals surface area (Å²) >= 11 is 0. The third-order valence-corrected chi connectivity index (χ3v) is 3.67. The van der Waals surface area contributed by atoms with Crippen molar-refractivity contribution in [3.63, 3.8) is 0 Å². The highest BCUT2D eigenvalue weighted by molar-refractivity contribution is 5.25. The van der Waals surface area contributed by atoms with Crippen LogP contribution in [0.3, 0.4) is 0 Å². The first kappa shape index (κ1) is 13.5. The van der Waals surface area contributed by atoms with Gasteiger partial charge in [0.2, 0.25) is 0 Å². The fourth-order valence-electron chi connectivity index (χ4n) is 2.41. The van der Waals surface area contributed by atoms with Gasteiger partial charge in [0.1, 0.15) is 6.10 Å². The molecule has 1 aromatic rings. The normalized spacial score (nSPS) is 25.3. The predicted octanol–water partition coefficient (Wildman–Crippen LogP) is 2.33. The lowest BCUT2D eigenvalue weighted by Gasteiger charge is -2.21.